The van der Waals surface area contributed by atoms with Crippen molar-refractivity contribution in [2.45, 2.75) is 207 Å². The summed E-state index contributed by atoms with van der Waals surface area (Å²) in [4.78, 5) is 63.7. The van der Waals surface area contributed by atoms with E-state index in [0.29, 0.717) is 5.02 Å². The van der Waals surface area contributed by atoms with Crippen molar-refractivity contribution in [1.82, 2.24) is 16.0 Å². The quantitative estimate of drug-likeness (QED) is 0.0360. The molecule has 668 valence electrons. The molecule has 0 aromatic heterocycles. The van der Waals surface area contributed by atoms with E-state index in [1.807, 2.05) is 50.2 Å². The number of likely N-dealkylation sites (N-methyl/N-ethyl adjacent to an activating group) is 1. The number of aliphatic carboxylic acids is 1. The van der Waals surface area contributed by atoms with Crippen LogP contribution in [0.4, 0.5) is 0 Å². The molecule has 3 saturated heterocycles. The number of nitrogens with zero attached hydrogens (tertiary/aromatic N) is 5. The highest BCUT2D eigenvalue weighted by Gasteiger charge is 2.53. The summed E-state index contributed by atoms with van der Waals surface area (Å²) in [6, 6.07) is 14.9. The number of carbonyl (C=O) groups excluding carboxylic acids is 2. The highest BCUT2D eigenvalue weighted by Crippen LogP contribution is 2.52. The van der Waals surface area contributed by atoms with Gasteiger partial charge in [-0.2, -0.15) is 0 Å². The third kappa shape index (κ3) is 20.1. The molecule has 7 aromatic carbocycles. The third-order valence-electron chi connectivity index (χ3n) is 22.6. The number of carboxylic acid groups (broad SMARTS) is 1. The predicted octanol–water partition coefficient (Wildman–Crippen LogP) is 8.70. The Morgan fingerprint density at radius 2 is 1.22 bits per heavy atom. The van der Waals surface area contributed by atoms with E-state index in [-0.39, 0.29) is 64.9 Å². The number of phenols is 3. The number of carbonyl (C=O) groups is 3. The summed E-state index contributed by atoms with van der Waals surface area (Å²) in [5.41, 5.74) is 9.82. The highest BCUT2D eigenvalue weighted by atomic mass is 35.5. The summed E-state index contributed by atoms with van der Waals surface area (Å²) in [5, 5.41) is 190. The lowest BCUT2D eigenvalue weighted by Gasteiger charge is -2.48. The van der Waals surface area contributed by atoms with Crippen molar-refractivity contribution in [3.8, 4) is 68.2 Å². The van der Waals surface area contributed by atoms with Crippen molar-refractivity contribution < 1.29 is 129 Å². The third-order valence-corrected chi connectivity index (χ3v) is 23.5. The molecule has 22 atom stereocenters. The van der Waals surface area contributed by atoms with Crippen LogP contribution in [0.15, 0.2) is 152 Å². The Morgan fingerprint density at radius 1 is 0.624 bits per heavy atom. The number of fused-ring (bicyclic) bond motifs is 12. The van der Waals surface area contributed by atoms with E-state index in [4.69, 9.17) is 84.2 Å². The average Bonchev–Trinajstić information content (AvgIpc) is 0.762. The second-order valence-electron chi connectivity index (χ2n) is 32.5. The maximum atomic E-state index is 14.3. The number of benzene rings is 7. The van der Waals surface area contributed by atoms with E-state index in [9.17, 15) is 91.0 Å². The number of primary amides is 1. The molecule has 7 aromatic rings. The van der Waals surface area contributed by atoms with E-state index >= 15 is 0 Å². The molecule has 8 aliphatic rings. The Hall–Kier alpha value is -10.6. The first-order valence-corrected chi connectivity index (χ1v) is 41.0. The smallest absolute Gasteiger partial charge is 0.333 e. The summed E-state index contributed by atoms with van der Waals surface area (Å²) in [7, 11) is 1.49. The van der Waals surface area contributed by atoms with E-state index in [0.717, 1.165) is 59.2 Å². The molecule has 39 heteroatoms. The Morgan fingerprint density at radius 3 is 1.82 bits per heavy atom. The fraction of sp³-hybridized carbons (Fsp3) is 0.419. The first kappa shape index (κ1) is 92.1. The Bertz CT molecular complexity index is 5340. The first-order chi connectivity index (χ1) is 59.2. The van der Waals surface area contributed by atoms with Crippen molar-refractivity contribution in [3.05, 3.63) is 176 Å². The molecule has 125 heavy (non-hydrogen) atoms. The number of aromatic hydroxyl groups is 3. The Balaban J connectivity index is 1.05. The van der Waals surface area contributed by atoms with Gasteiger partial charge in [-0.15, -0.1) is 0 Å². The van der Waals surface area contributed by atoms with Crippen LogP contribution >= 0.6 is 34.8 Å². The minimum absolute atomic E-state index is 0.102. The van der Waals surface area contributed by atoms with Gasteiger partial charge in [0.1, 0.15) is 71.4 Å². The van der Waals surface area contributed by atoms with Crippen molar-refractivity contribution in [1.29, 1.82) is 0 Å². The normalized spacial score (nSPS) is 29.7. The molecule has 0 aliphatic carbocycles. The van der Waals surface area contributed by atoms with Gasteiger partial charge in [-0.25, -0.2) is 29.8 Å². The minimum atomic E-state index is -2.38. The molecule has 11 bridgehead atoms. The number of hydrogen-bond acceptors (Lipinski definition) is 28. The molecular weight excluding hydrogens is 1700 g/mol. The van der Waals surface area contributed by atoms with Gasteiger partial charge < -0.3 is 142 Å². The molecule has 36 nitrogen and oxygen atoms in total. The maximum absolute atomic E-state index is 14.3. The minimum Gasteiger partial charge on any atom is -0.508 e. The fourth-order valence-corrected chi connectivity index (χ4v) is 16.5. The van der Waals surface area contributed by atoms with Crippen LogP contribution in [0.2, 0.25) is 15.1 Å². The van der Waals surface area contributed by atoms with Crippen LogP contribution in [0, 0.1) is 5.92 Å². The van der Waals surface area contributed by atoms with Crippen LogP contribution in [0.25, 0.3) is 22.3 Å². The molecule has 0 radical (unpaired) electrons. The molecule has 2 amide bonds. The largest absolute Gasteiger partial charge is 0.508 e. The van der Waals surface area contributed by atoms with Gasteiger partial charge in [0.15, 0.2) is 54.4 Å². The fourth-order valence-electron chi connectivity index (χ4n) is 15.9. The molecule has 8 aliphatic heterocycles. The monoisotopic (exact) mass is 1790 g/mol. The molecule has 0 spiro atoms. The molecule has 22 N–H and O–H groups in total. The average molecular weight is 1790 g/mol. The summed E-state index contributed by atoms with van der Waals surface area (Å²) in [6.45, 7) is 9.15. The Kier molecular flexibility index (Phi) is 27.9. The van der Waals surface area contributed by atoms with Gasteiger partial charge in [-0.1, -0.05) is 103 Å². The van der Waals surface area contributed by atoms with E-state index in [2.05, 4.69) is 40.9 Å². The van der Waals surface area contributed by atoms with Crippen LogP contribution in [0.5, 0.6) is 46.0 Å². The van der Waals surface area contributed by atoms with E-state index in [1.54, 1.807) is 26.0 Å². The number of nitrogens with two attached hydrogens (primary N) is 2. The number of rotatable bonds is 19. The lowest BCUT2D eigenvalue weighted by atomic mass is 9.84. The van der Waals surface area contributed by atoms with Crippen LogP contribution in [0.3, 0.4) is 0 Å². The van der Waals surface area contributed by atoms with Crippen molar-refractivity contribution in [2.24, 2.45) is 42.3 Å². The summed E-state index contributed by atoms with van der Waals surface area (Å²) >= 11 is 20.9. The maximum Gasteiger partial charge on any atom is 0.333 e. The Labute approximate surface area is 730 Å². The zero-order valence-electron chi connectivity index (χ0n) is 68.2. The zero-order valence-corrected chi connectivity index (χ0v) is 70.5. The molecular formula is C86H97Cl3N10O26. The number of ether oxygens (including phenoxy) is 8. The van der Waals surface area contributed by atoms with Gasteiger partial charge in [0.25, 0.3) is 0 Å². The standard InChI is InChI=1S/C86H97Cl3N10O26/c1-35(2)22-51(92-7)77(110)98-67-69(105)42-15-20-55(49(88)24-42)120-57-26-44-27-58(73(57)125-84-74(71(107)70(106)59(34-100)122-84)124-62-32-86(6,76(109)37(4)119-62)93-33-38-8-10-39(11-9-38)40-12-17-45(87)18-13-40)121-56-21-16-43(25-50(56)89)72(123-61-31-85(5,91)75(108)36(3)118-61)68-82(115)97-66(83(116)117)48-28-46(101)29-54(103)63(48)47-23-41(14-19-53(47)102)64(79(112)99-68)96-80(113)65(44)95-78(111)52(30-60(90)104)94-81(67)114/h8-21,23-29,35-37,51-52,59,61-62,64-72,74-76,84,92-93,100-103,105-109H,22,30-34,91H2,1-7H3,(H2,90,104)(H,94,114)(H,95,111)(H,96,113)(H,97,115)(H,98,110)(H,99,112)(H,116,117)/t36-,37-,51+,52-,59+,61-,62-,64+,65+,66+,67+,68-,69+,70+,71-,72+,74+,75-,76-,84-,85-,86-/m0/s1. The first-order valence-electron chi connectivity index (χ1n) is 39.9. The SMILES string of the molecule is CN[C@H](CC(C)C)C(=O)N[C@H]1C(O)=N[C@@H](CC(N)=O)C(O)=N[C@H]2C(O)=N[C@H]3C(O)=N[C@H](C(O)=N[C@@H](C(=O)O)c4cc(O)cc(O)c4-c4cc3ccc4O)[C@H](O[C@H]3C[C@](C)(N)[C@@H](O)[C@H](C)O3)c3ccc(c(Cl)c3)Oc3cc2cc(c3O[C@@H]2O[C@H](CO)[C@@H](O)[C@H](O)[C@H]2O[C@H]2C[C@](C)(NCc3ccc(-c4ccc(Cl)cc4)cc3)[C@@H](O)[C@H](C)O2)Oc2ccc(cc2Cl)[C@H]1O. The van der Waals surface area contributed by atoms with Crippen LogP contribution in [-0.2, 0) is 44.6 Å². The van der Waals surface area contributed by atoms with E-state index in [1.165, 1.54) is 57.3 Å². The molecule has 8 heterocycles. The second kappa shape index (κ2) is 37.9. The molecule has 0 saturated carbocycles. The van der Waals surface area contributed by atoms with Gasteiger partial charge >= 0.3 is 5.97 Å². The lowest BCUT2D eigenvalue weighted by Crippen LogP contribution is -2.65. The van der Waals surface area contributed by atoms with Crippen molar-refractivity contribution in [2.75, 3.05) is 13.7 Å². The van der Waals surface area contributed by atoms with E-state index < -0.39 is 255 Å². The number of hydrogen-bond donors (Lipinski definition) is 20. The number of aliphatic hydroxyl groups is 11. The number of halogens is 3. The number of aliphatic hydroxyl groups excluding tert-OH is 11. The van der Waals surface area contributed by atoms with Gasteiger partial charge in [-0.3, -0.25) is 9.59 Å². The van der Waals surface area contributed by atoms with Crippen LogP contribution in [-0.4, -0.2) is 240 Å². The zero-order chi connectivity index (χ0) is 90.3. The van der Waals surface area contributed by atoms with Gasteiger partial charge in [-0.05, 0) is 153 Å². The number of aliphatic imine (C=N–C) groups is 5. The van der Waals surface area contributed by atoms with Crippen LogP contribution in [0.1, 0.15) is 131 Å². The molecule has 15 rings (SSSR count). The molecule has 0 unspecified atom stereocenters. The predicted molar refractivity (Wildman–Crippen MR) is 455 cm³/mol. The van der Waals surface area contributed by atoms with Crippen molar-refractivity contribution >= 4 is 82.1 Å². The lowest BCUT2D eigenvalue weighted by molar-refractivity contribution is -0.334. The van der Waals surface area contributed by atoms with Gasteiger partial charge in [0.05, 0.1) is 53.5 Å². The number of phenolic OH excluding ortho intramolecular Hbond substituents is 3. The summed E-state index contributed by atoms with van der Waals surface area (Å²) in [5.74, 6) is -15.2. The van der Waals surface area contributed by atoms with Crippen LogP contribution < -0.4 is 41.6 Å². The van der Waals surface area contributed by atoms with Crippen molar-refractivity contribution in [3.63, 3.8) is 0 Å². The topological polar surface area (TPSA) is 578 Å². The molecule has 3 fully saturated rings. The summed E-state index contributed by atoms with van der Waals surface area (Å²) in [6.07, 6.45) is -22.7. The van der Waals surface area contributed by atoms with Gasteiger partial charge in [0.2, 0.25) is 53.3 Å². The highest BCUT2D eigenvalue weighted by molar-refractivity contribution is 6.32. The summed E-state index contributed by atoms with van der Waals surface area (Å²) < 4.78 is 53.0. The number of carboxylic acids is 1. The number of nitrogens with one attached hydrogen (secondary N) is 3. The van der Waals surface area contributed by atoms with Gasteiger partial charge in [0, 0.05) is 58.2 Å². The number of amides is 2. The second-order valence-corrected chi connectivity index (χ2v) is 33.7.